The van der Waals surface area contributed by atoms with E-state index in [1.54, 1.807) is 0 Å². The molecule has 6 nitrogen and oxygen atoms in total. The molecule has 98 valence electrons. The molecule has 3 N–H and O–H groups in total. The Morgan fingerprint density at radius 3 is 2.47 bits per heavy atom. The van der Waals surface area contributed by atoms with Crippen LogP contribution in [0.5, 0.6) is 0 Å². The second-order valence-corrected chi connectivity index (χ2v) is 4.48. The van der Waals surface area contributed by atoms with Crippen molar-refractivity contribution in [3.05, 3.63) is 0 Å². The number of carbonyl (C=O) groups is 2. The molecule has 1 rings (SSSR count). The van der Waals surface area contributed by atoms with E-state index in [1.807, 2.05) is 13.8 Å². The number of amides is 2. The Labute approximate surface area is 102 Å². The average Bonchev–Trinajstić information content (AvgIpc) is 2.29. The van der Waals surface area contributed by atoms with Gasteiger partial charge in [-0.3, -0.25) is 14.5 Å². The van der Waals surface area contributed by atoms with Gasteiger partial charge in [0.2, 0.25) is 0 Å². The van der Waals surface area contributed by atoms with Gasteiger partial charge in [0.1, 0.15) is 0 Å². The Hall–Kier alpha value is -1.14. The van der Waals surface area contributed by atoms with E-state index < -0.39 is 11.8 Å². The lowest BCUT2D eigenvalue weighted by atomic mass is 10.3. The van der Waals surface area contributed by atoms with Gasteiger partial charge in [-0.15, -0.1) is 0 Å². The molecule has 0 unspecified atom stereocenters. The lowest BCUT2D eigenvalue weighted by Crippen LogP contribution is -2.48. The third-order valence-corrected chi connectivity index (χ3v) is 2.55. The van der Waals surface area contributed by atoms with Crippen LogP contribution < -0.4 is 16.0 Å². The van der Waals surface area contributed by atoms with Crippen LogP contribution in [0.4, 0.5) is 0 Å². The van der Waals surface area contributed by atoms with Crippen molar-refractivity contribution in [3.8, 4) is 0 Å². The minimum Gasteiger partial charge on any atom is -0.347 e. The van der Waals surface area contributed by atoms with E-state index in [-0.39, 0.29) is 6.04 Å². The van der Waals surface area contributed by atoms with Crippen molar-refractivity contribution in [1.82, 2.24) is 20.9 Å². The average molecular weight is 242 g/mol. The molecule has 0 bridgehead atoms. The van der Waals surface area contributed by atoms with E-state index in [2.05, 4.69) is 20.9 Å². The van der Waals surface area contributed by atoms with Crippen LogP contribution in [-0.4, -0.2) is 62.0 Å². The summed E-state index contributed by atoms with van der Waals surface area (Å²) in [4.78, 5) is 24.9. The molecule has 0 aromatic carbocycles. The van der Waals surface area contributed by atoms with Crippen LogP contribution in [0.15, 0.2) is 0 Å². The SMILES string of the molecule is CC(C)NC(=O)C(=O)NCCN1CCNCC1. The number of rotatable bonds is 4. The zero-order valence-corrected chi connectivity index (χ0v) is 10.6. The van der Waals surface area contributed by atoms with Gasteiger partial charge in [0.15, 0.2) is 0 Å². The summed E-state index contributed by atoms with van der Waals surface area (Å²) in [6.45, 7) is 8.93. The molecular formula is C11H22N4O2. The first-order valence-corrected chi connectivity index (χ1v) is 6.11. The number of nitrogens with one attached hydrogen (secondary N) is 3. The second kappa shape index (κ2) is 7.24. The van der Waals surface area contributed by atoms with Crippen molar-refractivity contribution in [1.29, 1.82) is 0 Å². The number of carbonyl (C=O) groups excluding carboxylic acids is 2. The smallest absolute Gasteiger partial charge is 0.309 e. The highest BCUT2D eigenvalue weighted by molar-refractivity contribution is 6.35. The molecule has 17 heavy (non-hydrogen) atoms. The molecule has 1 aliphatic heterocycles. The summed E-state index contributed by atoms with van der Waals surface area (Å²) in [5, 5.41) is 8.44. The van der Waals surface area contributed by atoms with Crippen molar-refractivity contribution < 1.29 is 9.59 Å². The molecule has 0 spiro atoms. The fraction of sp³-hybridized carbons (Fsp3) is 0.818. The monoisotopic (exact) mass is 242 g/mol. The number of hydrogen-bond donors (Lipinski definition) is 3. The highest BCUT2D eigenvalue weighted by Gasteiger charge is 2.14. The van der Waals surface area contributed by atoms with Crippen LogP contribution in [0.1, 0.15) is 13.8 Å². The molecule has 1 fully saturated rings. The quantitative estimate of drug-likeness (QED) is 0.526. The summed E-state index contributed by atoms with van der Waals surface area (Å²) in [5.41, 5.74) is 0. The summed E-state index contributed by atoms with van der Waals surface area (Å²) in [5.74, 6) is -1.10. The fourth-order valence-corrected chi connectivity index (χ4v) is 1.67. The standard InChI is InChI=1S/C11H22N4O2/c1-9(2)14-11(17)10(16)13-5-8-15-6-3-12-4-7-15/h9,12H,3-8H2,1-2H3,(H,13,16)(H,14,17). The molecule has 1 heterocycles. The molecular weight excluding hydrogens is 220 g/mol. The van der Waals surface area contributed by atoms with Crippen molar-refractivity contribution in [2.75, 3.05) is 39.3 Å². The molecule has 0 aliphatic carbocycles. The third-order valence-electron chi connectivity index (χ3n) is 2.55. The molecule has 0 atom stereocenters. The van der Waals surface area contributed by atoms with E-state index in [0.29, 0.717) is 6.54 Å². The van der Waals surface area contributed by atoms with Crippen LogP contribution in [-0.2, 0) is 9.59 Å². The molecule has 0 radical (unpaired) electrons. The van der Waals surface area contributed by atoms with Crippen LogP contribution >= 0.6 is 0 Å². The van der Waals surface area contributed by atoms with Crippen LogP contribution in [0.3, 0.4) is 0 Å². The minimum atomic E-state index is -0.555. The van der Waals surface area contributed by atoms with Gasteiger partial charge in [-0.25, -0.2) is 0 Å². The summed E-state index contributed by atoms with van der Waals surface area (Å²) in [6.07, 6.45) is 0. The zero-order valence-electron chi connectivity index (χ0n) is 10.6. The Kier molecular flexibility index (Phi) is 5.93. The molecule has 1 aliphatic rings. The number of nitrogens with zero attached hydrogens (tertiary/aromatic N) is 1. The largest absolute Gasteiger partial charge is 0.347 e. The van der Waals surface area contributed by atoms with Crippen molar-refractivity contribution in [2.24, 2.45) is 0 Å². The van der Waals surface area contributed by atoms with Gasteiger partial charge < -0.3 is 16.0 Å². The Balaban J connectivity index is 2.12. The van der Waals surface area contributed by atoms with Crippen molar-refractivity contribution in [3.63, 3.8) is 0 Å². The predicted octanol–water partition coefficient (Wildman–Crippen LogP) is -1.47. The Morgan fingerprint density at radius 2 is 1.88 bits per heavy atom. The summed E-state index contributed by atoms with van der Waals surface area (Å²) < 4.78 is 0. The first kappa shape index (κ1) is 13.9. The molecule has 0 saturated carbocycles. The van der Waals surface area contributed by atoms with E-state index in [0.717, 1.165) is 32.7 Å². The van der Waals surface area contributed by atoms with Gasteiger partial charge in [-0.2, -0.15) is 0 Å². The van der Waals surface area contributed by atoms with Gasteiger partial charge in [0.05, 0.1) is 0 Å². The maximum Gasteiger partial charge on any atom is 0.309 e. The van der Waals surface area contributed by atoms with Gasteiger partial charge in [-0.1, -0.05) is 0 Å². The van der Waals surface area contributed by atoms with Gasteiger partial charge >= 0.3 is 11.8 Å². The number of hydrogen-bond acceptors (Lipinski definition) is 4. The predicted molar refractivity (Wildman–Crippen MR) is 65.6 cm³/mol. The molecule has 2 amide bonds. The minimum absolute atomic E-state index is 0.0126. The highest BCUT2D eigenvalue weighted by Crippen LogP contribution is 1.89. The van der Waals surface area contributed by atoms with Gasteiger partial charge in [0, 0.05) is 45.3 Å². The van der Waals surface area contributed by atoms with Crippen LogP contribution in [0.25, 0.3) is 0 Å². The molecule has 6 heteroatoms. The summed E-state index contributed by atoms with van der Waals surface area (Å²) in [7, 11) is 0. The van der Waals surface area contributed by atoms with Crippen molar-refractivity contribution in [2.45, 2.75) is 19.9 Å². The maximum absolute atomic E-state index is 11.4. The molecule has 0 aromatic heterocycles. The second-order valence-electron chi connectivity index (χ2n) is 4.48. The summed E-state index contributed by atoms with van der Waals surface area (Å²) >= 11 is 0. The summed E-state index contributed by atoms with van der Waals surface area (Å²) in [6, 6.07) is -0.0126. The van der Waals surface area contributed by atoms with E-state index in [4.69, 9.17) is 0 Å². The van der Waals surface area contributed by atoms with Crippen molar-refractivity contribution >= 4 is 11.8 Å². The van der Waals surface area contributed by atoms with Crippen LogP contribution in [0.2, 0.25) is 0 Å². The van der Waals surface area contributed by atoms with Crippen LogP contribution in [0, 0.1) is 0 Å². The normalized spacial score (nSPS) is 16.9. The van der Waals surface area contributed by atoms with Gasteiger partial charge in [0.25, 0.3) is 0 Å². The first-order valence-electron chi connectivity index (χ1n) is 6.11. The molecule has 0 aromatic rings. The van der Waals surface area contributed by atoms with Gasteiger partial charge in [-0.05, 0) is 13.8 Å². The third kappa shape index (κ3) is 5.65. The lowest BCUT2D eigenvalue weighted by molar-refractivity contribution is -0.139. The Bertz CT molecular complexity index is 262. The molecule has 1 saturated heterocycles. The zero-order chi connectivity index (χ0) is 12.7. The lowest BCUT2D eigenvalue weighted by Gasteiger charge is -2.27. The number of piperazine rings is 1. The first-order chi connectivity index (χ1) is 8.09. The van der Waals surface area contributed by atoms with E-state index in [9.17, 15) is 9.59 Å². The fourth-order valence-electron chi connectivity index (χ4n) is 1.67. The van der Waals surface area contributed by atoms with E-state index in [1.165, 1.54) is 0 Å². The Morgan fingerprint density at radius 1 is 1.24 bits per heavy atom. The highest BCUT2D eigenvalue weighted by atomic mass is 16.2. The topological polar surface area (TPSA) is 73.5 Å². The maximum atomic E-state index is 11.4. The van der Waals surface area contributed by atoms with E-state index >= 15 is 0 Å².